The van der Waals surface area contributed by atoms with Crippen LogP contribution in [-0.2, 0) is 9.59 Å². The molecule has 2 amide bonds. The third-order valence-electron chi connectivity index (χ3n) is 3.23. The summed E-state index contributed by atoms with van der Waals surface area (Å²) >= 11 is 0. The first-order chi connectivity index (χ1) is 7.22. The Hall–Kier alpha value is -1.06. The molecule has 4 nitrogen and oxygen atoms in total. The van der Waals surface area contributed by atoms with E-state index in [2.05, 4.69) is 5.32 Å². The maximum atomic E-state index is 12.1. The first-order valence-corrected chi connectivity index (χ1v) is 5.79. The van der Waals surface area contributed by atoms with E-state index < -0.39 is 0 Å². The molecule has 1 atom stereocenters. The Bertz CT molecular complexity index is 264. The quantitative estimate of drug-likeness (QED) is 0.738. The highest BCUT2D eigenvalue weighted by molar-refractivity contribution is 5.84. The van der Waals surface area contributed by atoms with E-state index in [1.54, 1.807) is 0 Å². The number of carbonyl (C=O) groups is 2. The Labute approximate surface area is 90.0 Å². The number of amides is 2. The minimum atomic E-state index is 0.0169. The molecular weight excluding hydrogens is 192 g/mol. The van der Waals surface area contributed by atoms with E-state index in [0.29, 0.717) is 25.4 Å². The first kappa shape index (κ1) is 10.5. The fourth-order valence-electron chi connectivity index (χ4n) is 2.16. The lowest BCUT2D eigenvalue weighted by Crippen LogP contribution is -2.45. The predicted octanol–water partition coefficient (Wildman–Crippen LogP) is 0.523. The van der Waals surface area contributed by atoms with Crippen molar-refractivity contribution in [2.45, 2.75) is 38.6 Å². The summed E-state index contributed by atoms with van der Waals surface area (Å²) in [4.78, 5) is 25.0. The topological polar surface area (TPSA) is 49.4 Å². The van der Waals surface area contributed by atoms with Crippen LogP contribution in [0.3, 0.4) is 0 Å². The molecule has 15 heavy (non-hydrogen) atoms. The second-order valence-corrected chi connectivity index (χ2v) is 4.40. The zero-order chi connectivity index (χ0) is 10.8. The van der Waals surface area contributed by atoms with Crippen molar-refractivity contribution < 1.29 is 9.59 Å². The molecule has 0 bridgehead atoms. The SMILES string of the molecule is CCN(C(=O)C1CCC(=O)NC1)C1CC1. The molecule has 1 saturated carbocycles. The summed E-state index contributed by atoms with van der Waals surface area (Å²) < 4.78 is 0. The second kappa shape index (κ2) is 4.21. The number of hydrogen-bond acceptors (Lipinski definition) is 2. The highest BCUT2D eigenvalue weighted by Gasteiger charge is 2.35. The Kier molecular flexibility index (Phi) is 2.93. The highest BCUT2D eigenvalue weighted by Crippen LogP contribution is 2.28. The summed E-state index contributed by atoms with van der Waals surface area (Å²) in [6, 6.07) is 0.486. The van der Waals surface area contributed by atoms with Crippen molar-refractivity contribution in [2.24, 2.45) is 5.92 Å². The average molecular weight is 210 g/mol. The van der Waals surface area contributed by atoms with Crippen LogP contribution >= 0.6 is 0 Å². The van der Waals surface area contributed by atoms with Gasteiger partial charge in [0.15, 0.2) is 0 Å². The fourth-order valence-corrected chi connectivity index (χ4v) is 2.16. The van der Waals surface area contributed by atoms with Crippen molar-refractivity contribution in [3.05, 3.63) is 0 Å². The second-order valence-electron chi connectivity index (χ2n) is 4.40. The molecule has 84 valence electrons. The van der Waals surface area contributed by atoms with Gasteiger partial charge < -0.3 is 10.2 Å². The molecule has 0 radical (unpaired) electrons. The molecule has 2 aliphatic rings. The van der Waals surface area contributed by atoms with Crippen molar-refractivity contribution in [3.63, 3.8) is 0 Å². The maximum absolute atomic E-state index is 12.1. The van der Waals surface area contributed by atoms with Crippen LogP contribution in [0.2, 0.25) is 0 Å². The van der Waals surface area contributed by atoms with Gasteiger partial charge in [-0.05, 0) is 26.2 Å². The maximum Gasteiger partial charge on any atom is 0.227 e. The van der Waals surface area contributed by atoms with E-state index in [9.17, 15) is 9.59 Å². The van der Waals surface area contributed by atoms with Gasteiger partial charge in [-0.15, -0.1) is 0 Å². The predicted molar refractivity (Wildman–Crippen MR) is 56.1 cm³/mol. The van der Waals surface area contributed by atoms with Crippen LogP contribution in [0.4, 0.5) is 0 Å². The molecule has 1 unspecified atom stereocenters. The van der Waals surface area contributed by atoms with E-state index in [1.165, 1.54) is 0 Å². The van der Waals surface area contributed by atoms with Gasteiger partial charge in [-0.2, -0.15) is 0 Å². The van der Waals surface area contributed by atoms with Gasteiger partial charge in [-0.1, -0.05) is 0 Å². The number of hydrogen-bond donors (Lipinski definition) is 1. The highest BCUT2D eigenvalue weighted by atomic mass is 16.2. The van der Waals surface area contributed by atoms with E-state index in [0.717, 1.165) is 19.4 Å². The summed E-state index contributed by atoms with van der Waals surface area (Å²) in [5.41, 5.74) is 0. The number of nitrogens with zero attached hydrogens (tertiary/aromatic N) is 1. The van der Waals surface area contributed by atoms with Gasteiger partial charge >= 0.3 is 0 Å². The van der Waals surface area contributed by atoms with Crippen LogP contribution < -0.4 is 5.32 Å². The summed E-state index contributed by atoms with van der Waals surface area (Å²) in [6.45, 7) is 3.35. The van der Waals surface area contributed by atoms with E-state index in [-0.39, 0.29) is 17.7 Å². The molecule has 1 aliphatic heterocycles. The third-order valence-corrected chi connectivity index (χ3v) is 3.23. The normalized spacial score (nSPS) is 25.9. The lowest BCUT2D eigenvalue weighted by molar-refractivity contribution is -0.137. The average Bonchev–Trinajstić information content (AvgIpc) is 3.04. The Morgan fingerprint density at radius 1 is 1.47 bits per heavy atom. The van der Waals surface area contributed by atoms with Crippen LogP contribution in [0.15, 0.2) is 0 Å². The number of carbonyl (C=O) groups excluding carboxylic acids is 2. The smallest absolute Gasteiger partial charge is 0.227 e. The van der Waals surface area contributed by atoms with Crippen molar-refractivity contribution in [1.82, 2.24) is 10.2 Å². The van der Waals surface area contributed by atoms with Gasteiger partial charge in [-0.3, -0.25) is 9.59 Å². The number of rotatable bonds is 3. The van der Waals surface area contributed by atoms with Gasteiger partial charge in [0.25, 0.3) is 0 Å². The zero-order valence-corrected chi connectivity index (χ0v) is 9.16. The number of piperidine rings is 1. The molecule has 0 spiro atoms. The van der Waals surface area contributed by atoms with E-state index in [1.807, 2.05) is 11.8 Å². The molecule has 1 heterocycles. The van der Waals surface area contributed by atoms with E-state index >= 15 is 0 Å². The van der Waals surface area contributed by atoms with Crippen LogP contribution in [0.1, 0.15) is 32.6 Å². The van der Waals surface area contributed by atoms with Crippen LogP contribution in [0.5, 0.6) is 0 Å². The minimum absolute atomic E-state index is 0.0169. The summed E-state index contributed by atoms with van der Waals surface area (Å²) in [5.74, 6) is 0.330. The molecule has 1 N–H and O–H groups in total. The monoisotopic (exact) mass is 210 g/mol. The van der Waals surface area contributed by atoms with Gasteiger partial charge in [-0.25, -0.2) is 0 Å². The van der Waals surface area contributed by atoms with Crippen molar-refractivity contribution >= 4 is 11.8 Å². The van der Waals surface area contributed by atoms with Crippen molar-refractivity contribution in [1.29, 1.82) is 0 Å². The Balaban J connectivity index is 1.91. The molecule has 1 aliphatic carbocycles. The Morgan fingerprint density at radius 3 is 2.67 bits per heavy atom. The Morgan fingerprint density at radius 2 is 2.20 bits per heavy atom. The fraction of sp³-hybridized carbons (Fsp3) is 0.818. The largest absolute Gasteiger partial charge is 0.355 e. The minimum Gasteiger partial charge on any atom is -0.355 e. The number of nitrogens with one attached hydrogen (secondary N) is 1. The molecule has 0 aromatic heterocycles. The molecule has 1 saturated heterocycles. The molecule has 4 heteroatoms. The summed E-state index contributed by atoms with van der Waals surface area (Å²) in [5, 5.41) is 2.76. The van der Waals surface area contributed by atoms with Crippen LogP contribution in [0, 0.1) is 5.92 Å². The van der Waals surface area contributed by atoms with Crippen molar-refractivity contribution in [3.8, 4) is 0 Å². The molecule has 2 fully saturated rings. The molecule has 0 aromatic rings. The van der Waals surface area contributed by atoms with Gasteiger partial charge in [0.05, 0.1) is 5.92 Å². The van der Waals surface area contributed by atoms with Gasteiger partial charge in [0.1, 0.15) is 0 Å². The van der Waals surface area contributed by atoms with E-state index in [4.69, 9.17) is 0 Å². The zero-order valence-electron chi connectivity index (χ0n) is 9.16. The standard InChI is InChI=1S/C11H18N2O2/c1-2-13(9-4-5-9)11(15)8-3-6-10(14)12-7-8/h8-9H,2-7H2,1H3,(H,12,14). The molecular formula is C11H18N2O2. The lowest BCUT2D eigenvalue weighted by atomic mass is 9.97. The van der Waals surface area contributed by atoms with Gasteiger partial charge in [0, 0.05) is 25.6 Å². The van der Waals surface area contributed by atoms with Crippen molar-refractivity contribution in [2.75, 3.05) is 13.1 Å². The molecule has 0 aromatic carbocycles. The summed E-state index contributed by atoms with van der Waals surface area (Å²) in [6.07, 6.45) is 3.52. The van der Waals surface area contributed by atoms with Gasteiger partial charge in [0.2, 0.25) is 11.8 Å². The third kappa shape index (κ3) is 2.30. The van der Waals surface area contributed by atoms with Crippen LogP contribution in [0.25, 0.3) is 0 Å². The van der Waals surface area contributed by atoms with Crippen LogP contribution in [-0.4, -0.2) is 35.8 Å². The molecule has 2 rings (SSSR count). The lowest BCUT2D eigenvalue weighted by Gasteiger charge is -2.28. The first-order valence-electron chi connectivity index (χ1n) is 5.79. The summed E-state index contributed by atoms with van der Waals surface area (Å²) in [7, 11) is 0.